The van der Waals surface area contributed by atoms with Crippen molar-refractivity contribution in [2.45, 2.75) is 18.9 Å². The van der Waals surface area contributed by atoms with Gasteiger partial charge in [-0.1, -0.05) is 18.2 Å². The summed E-state index contributed by atoms with van der Waals surface area (Å²) >= 11 is 6.00. The van der Waals surface area contributed by atoms with Gasteiger partial charge in [-0.3, -0.25) is 0 Å². The van der Waals surface area contributed by atoms with Crippen LogP contribution in [0.1, 0.15) is 24.7 Å². The second kappa shape index (κ2) is 4.71. The first-order valence-electron chi connectivity index (χ1n) is 6.04. The topological polar surface area (TPSA) is 22.4 Å². The van der Waals surface area contributed by atoms with Gasteiger partial charge in [0.2, 0.25) is 0 Å². The van der Waals surface area contributed by atoms with Crippen molar-refractivity contribution in [1.82, 2.24) is 0 Å². The van der Waals surface area contributed by atoms with Gasteiger partial charge in [-0.25, -0.2) is 0 Å². The number of benzene rings is 1. The lowest BCUT2D eigenvalue weighted by molar-refractivity contribution is -0.0321. The highest BCUT2D eigenvalue weighted by molar-refractivity contribution is 6.18. The Bertz CT molecular complexity index is 473. The Morgan fingerprint density at radius 1 is 1.29 bits per heavy atom. The molecule has 1 saturated heterocycles. The summed E-state index contributed by atoms with van der Waals surface area (Å²) < 4.78 is 11.7. The molecule has 0 radical (unpaired) electrons. The first-order valence-corrected chi connectivity index (χ1v) is 6.58. The minimum Gasteiger partial charge on any atom is -0.458 e. The number of rotatable bonds is 2. The van der Waals surface area contributed by atoms with Crippen LogP contribution in [-0.2, 0) is 4.74 Å². The maximum Gasteiger partial charge on any atom is 0.134 e. The van der Waals surface area contributed by atoms with E-state index in [1.165, 1.54) is 0 Å². The van der Waals surface area contributed by atoms with Crippen LogP contribution in [0.3, 0.4) is 0 Å². The lowest BCUT2D eigenvalue weighted by atomic mass is 9.94. The lowest BCUT2D eigenvalue weighted by Crippen LogP contribution is -2.23. The van der Waals surface area contributed by atoms with Gasteiger partial charge in [-0.15, -0.1) is 11.6 Å². The van der Waals surface area contributed by atoms with Gasteiger partial charge in [0.15, 0.2) is 0 Å². The van der Waals surface area contributed by atoms with Crippen molar-refractivity contribution in [3.63, 3.8) is 0 Å². The number of halogens is 1. The van der Waals surface area contributed by atoms with Crippen LogP contribution in [0.5, 0.6) is 0 Å². The van der Waals surface area contributed by atoms with Crippen molar-refractivity contribution in [3.8, 4) is 0 Å². The molecule has 1 aromatic carbocycles. The maximum atomic E-state index is 6.00. The van der Waals surface area contributed by atoms with Crippen LogP contribution in [0.2, 0.25) is 0 Å². The molecule has 0 N–H and O–H groups in total. The Morgan fingerprint density at radius 3 is 3.00 bits per heavy atom. The van der Waals surface area contributed by atoms with E-state index in [2.05, 4.69) is 12.1 Å². The normalized spacial score (nSPS) is 25.2. The number of fused-ring (bicyclic) bond motifs is 1. The summed E-state index contributed by atoms with van der Waals surface area (Å²) in [6.07, 6.45) is 2.23. The second-order valence-corrected chi connectivity index (χ2v) is 4.84. The van der Waals surface area contributed by atoms with E-state index >= 15 is 0 Å². The quantitative estimate of drug-likeness (QED) is 0.748. The molecule has 0 saturated carbocycles. The highest BCUT2D eigenvalue weighted by Crippen LogP contribution is 2.36. The first-order chi connectivity index (χ1) is 8.38. The van der Waals surface area contributed by atoms with E-state index in [9.17, 15) is 0 Å². The molecule has 0 amide bonds. The van der Waals surface area contributed by atoms with Crippen molar-refractivity contribution < 1.29 is 9.15 Å². The van der Waals surface area contributed by atoms with Crippen LogP contribution >= 0.6 is 11.6 Å². The van der Waals surface area contributed by atoms with E-state index in [0.29, 0.717) is 11.8 Å². The molecule has 0 spiro atoms. The molecule has 0 aliphatic carbocycles. The van der Waals surface area contributed by atoms with E-state index in [1.54, 1.807) is 0 Å². The zero-order valence-corrected chi connectivity index (χ0v) is 10.3. The van der Waals surface area contributed by atoms with Crippen LogP contribution in [0.15, 0.2) is 34.7 Å². The average Bonchev–Trinajstić information content (AvgIpc) is 2.82. The molecular formula is C14H15ClO2. The molecule has 1 aromatic heterocycles. The fourth-order valence-corrected chi connectivity index (χ4v) is 2.77. The Hall–Kier alpha value is -0.990. The number of furan rings is 1. The molecule has 2 nitrogen and oxygen atoms in total. The number of alkyl halides is 1. The third-order valence-corrected chi connectivity index (χ3v) is 3.76. The standard InChI is InChI=1S/C14H15ClO2/c15-9-11-5-3-7-16-14(11)13-8-10-4-1-2-6-12(10)17-13/h1-2,4,6,8,11,14H,3,5,7,9H2. The van der Waals surface area contributed by atoms with Gasteiger partial charge in [0.25, 0.3) is 0 Å². The molecule has 90 valence electrons. The lowest BCUT2D eigenvalue weighted by Gasteiger charge is -2.28. The summed E-state index contributed by atoms with van der Waals surface area (Å²) in [5, 5.41) is 1.13. The zero-order valence-electron chi connectivity index (χ0n) is 9.56. The summed E-state index contributed by atoms with van der Waals surface area (Å²) in [5.41, 5.74) is 0.921. The fraction of sp³-hybridized carbons (Fsp3) is 0.429. The summed E-state index contributed by atoms with van der Waals surface area (Å²) in [4.78, 5) is 0. The molecule has 3 rings (SSSR count). The smallest absolute Gasteiger partial charge is 0.134 e. The van der Waals surface area contributed by atoms with Crippen molar-refractivity contribution in [1.29, 1.82) is 0 Å². The Kier molecular flexibility index (Phi) is 3.08. The molecule has 1 aliphatic heterocycles. The maximum absolute atomic E-state index is 6.00. The van der Waals surface area contributed by atoms with E-state index in [4.69, 9.17) is 20.8 Å². The minimum absolute atomic E-state index is 0.0219. The molecule has 17 heavy (non-hydrogen) atoms. The second-order valence-electron chi connectivity index (χ2n) is 4.53. The monoisotopic (exact) mass is 250 g/mol. The van der Waals surface area contributed by atoms with E-state index in [-0.39, 0.29) is 6.10 Å². The van der Waals surface area contributed by atoms with Gasteiger partial charge < -0.3 is 9.15 Å². The summed E-state index contributed by atoms with van der Waals surface area (Å²) in [5.74, 6) is 1.91. The number of hydrogen-bond donors (Lipinski definition) is 0. The van der Waals surface area contributed by atoms with Gasteiger partial charge in [-0.05, 0) is 25.0 Å². The number of para-hydroxylation sites is 1. The van der Waals surface area contributed by atoms with E-state index in [0.717, 1.165) is 36.2 Å². The van der Waals surface area contributed by atoms with Crippen molar-refractivity contribution in [2.24, 2.45) is 5.92 Å². The van der Waals surface area contributed by atoms with Crippen molar-refractivity contribution in [2.75, 3.05) is 12.5 Å². The average molecular weight is 251 g/mol. The van der Waals surface area contributed by atoms with Crippen molar-refractivity contribution >= 4 is 22.6 Å². The third-order valence-electron chi connectivity index (χ3n) is 3.37. The molecule has 0 bridgehead atoms. The molecule has 2 unspecified atom stereocenters. The highest BCUT2D eigenvalue weighted by Gasteiger charge is 2.29. The predicted octanol–water partition coefficient (Wildman–Crippen LogP) is 4.14. The van der Waals surface area contributed by atoms with Gasteiger partial charge in [0.1, 0.15) is 17.4 Å². The largest absolute Gasteiger partial charge is 0.458 e. The Morgan fingerprint density at radius 2 is 2.18 bits per heavy atom. The predicted molar refractivity (Wildman–Crippen MR) is 68.4 cm³/mol. The van der Waals surface area contributed by atoms with Crippen LogP contribution < -0.4 is 0 Å². The molecule has 2 atom stereocenters. The summed E-state index contributed by atoms with van der Waals surface area (Å²) in [6.45, 7) is 0.801. The van der Waals surface area contributed by atoms with Crippen LogP contribution in [0, 0.1) is 5.92 Å². The molecule has 2 heterocycles. The fourth-order valence-electron chi connectivity index (χ4n) is 2.46. The van der Waals surface area contributed by atoms with E-state index < -0.39 is 0 Å². The third kappa shape index (κ3) is 2.07. The van der Waals surface area contributed by atoms with Crippen LogP contribution in [-0.4, -0.2) is 12.5 Å². The SMILES string of the molecule is ClCC1CCCOC1c1cc2ccccc2o1. The Labute approximate surface area is 106 Å². The van der Waals surface area contributed by atoms with Gasteiger partial charge in [0.05, 0.1) is 0 Å². The highest BCUT2D eigenvalue weighted by atomic mass is 35.5. The van der Waals surface area contributed by atoms with Gasteiger partial charge in [0, 0.05) is 23.8 Å². The summed E-state index contributed by atoms with van der Waals surface area (Å²) in [6, 6.07) is 10.1. The Balaban J connectivity index is 1.96. The van der Waals surface area contributed by atoms with Crippen LogP contribution in [0.25, 0.3) is 11.0 Å². The van der Waals surface area contributed by atoms with Crippen LogP contribution in [0.4, 0.5) is 0 Å². The number of ether oxygens (including phenoxy) is 1. The molecule has 1 aliphatic rings. The minimum atomic E-state index is 0.0219. The van der Waals surface area contributed by atoms with Gasteiger partial charge in [-0.2, -0.15) is 0 Å². The summed E-state index contributed by atoms with van der Waals surface area (Å²) in [7, 11) is 0. The zero-order chi connectivity index (χ0) is 11.7. The van der Waals surface area contributed by atoms with Crippen molar-refractivity contribution in [3.05, 3.63) is 36.1 Å². The van der Waals surface area contributed by atoms with Gasteiger partial charge >= 0.3 is 0 Å². The molecule has 1 fully saturated rings. The molecular weight excluding hydrogens is 236 g/mol. The molecule has 3 heteroatoms. The number of hydrogen-bond acceptors (Lipinski definition) is 2. The molecule has 2 aromatic rings. The first kappa shape index (κ1) is 11.1. The van der Waals surface area contributed by atoms with E-state index in [1.807, 2.05) is 18.2 Å².